The fourth-order valence-electron chi connectivity index (χ4n) is 4.04. The van der Waals surface area contributed by atoms with Gasteiger partial charge in [0.05, 0.1) is 19.9 Å². The molecule has 0 bridgehead atoms. The van der Waals surface area contributed by atoms with Gasteiger partial charge >= 0.3 is 0 Å². The number of halogens is 1. The summed E-state index contributed by atoms with van der Waals surface area (Å²) in [6, 6.07) is 18.0. The number of hydrogen-bond donors (Lipinski definition) is 1. The average Bonchev–Trinajstić information content (AvgIpc) is 2.84. The number of phenols is 1. The van der Waals surface area contributed by atoms with Crippen molar-refractivity contribution in [3.05, 3.63) is 77.6 Å². The number of phenolic OH excluding ortho intramolecular Hbond substituents is 1. The summed E-state index contributed by atoms with van der Waals surface area (Å²) in [4.78, 5) is 4.55. The van der Waals surface area contributed by atoms with Crippen molar-refractivity contribution in [1.29, 1.82) is 0 Å². The number of hydrogen-bond acceptors (Lipinski definition) is 4. The fraction of sp³-hybridized carbons (Fsp3) is 0.296. The van der Waals surface area contributed by atoms with Gasteiger partial charge in [-0.3, -0.25) is 4.99 Å². The number of aromatic hydroxyl groups is 1. The molecule has 4 nitrogen and oxygen atoms in total. The van der Waals surface area contributed by atoms with Crippen LogP contribution in [0.1, 0.15) is 44.2 Å². The van der Waals surface area contributed by atoms with Crippen LogP contribution in [0, 0.1) is 5.82 Å². The van der Waals surface area contributed by atoms with Crippen LogP contribution in [0.25, 0.3) is 0 Å². The lowest BCUT2D eigenvalue weighted by atomic mass is 9.89. The maximum absolute atomic E-state index is 14.2. The van der Waals surface area contributed by atoms with E-state index in [4.69, 9.17) is 9.47 Å². The van der Waals surface area contributed by atoms with E-state index in [1.807, 2.05) is 42.5 Å². The fourth-order valence-corrected chi connectivity index (χ4v) is 5.88. The first kappa shape index (κ1) is 24.7. The standard InChI is InChI=1S/C27H31FNO3P/c1-5-14-27(6-2,23-16-22(31-3)17-24(32-4)26(23)30)33-25-13-12-20(28)15-19(25)18-29-21-10-8-7-9-11-21/h7-13,15-18,30,33H,5-6,14H2,1-4H3. The molecule has 2 atom stereocenters. The smallest absolute Gasteiger partial charge is 0.164 e. The molecule has 0 radical (unpaired) electrons. The van der Waals surface area contributed by atoms with Crippen molar-refractivity contribution < 1.29 is 19.0 Å². The quantitative estimate of drug-likeness (QED) is 0.266. The van der Waals surface area contributed by atoms with Crippen LogP contribution in [0.5, 0.6) is 17.2 Å². The molecule has 1 N–H and O–H groups in total. The molecule has 3 aromatic carbocycles. The largest absolute Gasteiger partial charge is 0.504 e. The predicted molar refractivity (Wildman–Crippen MR) is 136 cm³/mol. The van der Waals surface area contributed by atoms with Crippen LogP contribution < -0.4 is 14.8 Å². The second kappa shape index (κ2) is 11.3. The molecule has 0 saturated heterocycles. The third-order valence-corrected chi connectivity index (χ3v) is 7.87. The highest BCUT2D eigenvalue weighted by molar-refractivity contribution is 7.48. The van der Waals surface area contributed by atoms with E-state index < -0.39 is 0 Å². The molecule has 0 heterocycles. The Balaban J connectivity index is 2.11. The van der Waals surface area contributed by atoms with Crippen molar-refractivity contribution in [2.75, 3.05) is 14.2 Å². The van der Waals surface area contributed by atoms with Gasteiger partial charge in [0.2, 0.25) is 0 Å². The maximum Gasteiger partial charge on any atom is 0.164 e. The van der Waals surface area contributed by atoms with Crippen LogP contribution in [-0.2, 0) is 5.16 Å². The van der Waals surface area contributed by atoms with Crippen molar-refractivity contribution in [1.82, 2.24) is 0 Å². The Hall–Kier alpha value is -2.91. The third kappa shape index (κ3) is 5.72. The van der Waals surface area contributed by atoms with Crippen molar-refractivity contribution in [3.63, 3.8) is 0 Å². The highest BCUT2D eigenvalue weighted by Crippen LogP contribution is 2.53. The lowest BCUT2D eigenvalue weighted by Crippen LogP contribution is -2.24. The van der Waals surface area contributed by atoms with E-state index in [9.17, 15) is 9.50 Å². The monoisotopic (exact) mass is 467 g/mol. The Morgan fingerprint density at radius 3 is 2.42 bits per heavy atom. The molecule has 0 saturated carbocycles. The lowest BCUT2D eigenvalue weighted by Gasteiger charge is -2.35. The van der Waals surface area contributed by atoms with Gasteiger partial charge in [-0.1, -0.05) is 53.1 Å². The Morgan fingerprint density at radius 2 is 1.79 bits per heavy atom. The first-order valence-electron chi connectivity index (χ1n) is 11.1. The molecule has 174 valence electrons. The molecule has 0 aliphatic carbocycles. The number of ether oxygens (including phenoxy) is 2. The highest BCUT2D eigenvalue weighted by atomic mass is 31.1. The number of para-hydroxylation sites is 1. The summed E-state index contributed by atoms with van der Waals surface area (Å²) in [6.45, 7) is 4.25. The molecular formula is C27H31FNO3P. The van der Waals surface area contributed by atoms with Gasteiger partial charge in [-0.15, -0.1) is 0 Å². The predicted octanol–water partition coefficient (Wildman–Crippen LogP) is 6.71. The first-order chi connectivity index (χ1) is 16.0. The van der Waals surface area contributed by atoms with Gasteiger partial charge in [0.1, 0.15) is 11.6 Å². The summed E-state index contributed by atoms with van der Waals surface area (Å²) in [7, 11) is 3.41. The van der Waals surface area contributed by atoms with Crippen LogP contribution >= 0.6 is 8.58 Å². The molecule has 0 amide bonds. The Bertz CT molecular complexity index is 1100. The molecule has 0 aliphatic rings. The van der Waals surface area contributed by atoms with Gasteiger partial charge in [0.15, 0.2) is 11.5 Å². The normalized spacial score (nSPS) is 13.5. The van der Waals surface area contributed by atoms with E-state index >= 15 is 0 Å². The Labute approximate surface area is 197 Å². The van der Waals surface area contributed by atoms with E-state index in [0.717, 1.165) is 41.4 Å². The minimum atomic E-state index is -0.367. The molecule has 0 aromatic heterocycles. The van der Waals surface area contributed by atoms with Gasteiger partial charge in [0, 0.05) is 28.6 Å². The van der Waals surface area contributed by atoms with Crippen molar-refractivity contribution in [3.8, 4) is 17.2 Å². The summed E-state index contributed by atoms with van der Waals surface area (Å²) in [5.41, 5.74) is 2.33. The molecule has 3 rings (SSSR count). The molecule has 2 unspecified atom stereocenters. The zero-order valence-corrected chi connectivity index (χ0v) is 20.6. The molecule has 0 spiro atoms. The van der Waals surface area contributed by atoms with Gasteiger partial charge < -0.3 is 14.6 Å². The molecule has 6 heteroatoms. The Morgan fingerprint density at radius 1 is 1.03 bits per heavy atom. The SMILES string of the molecule is CCCC(CC)(Pc1ccc(F)cc1C=Nc1ccccc1)c1cc(OC)cc(OC)c1O. The van der Waals surface area contributed by atoms with Gasteiger partial charge in [-0.2, -0.15) is 0 Å². The zero-order chi connectivity index (χ0) is 23.8. The van der Waals surface area contributed by atoms with Crippen LogP contribution in [-0.4, -0.2) is 25.5 Å². The van der Waals surface area contributed by atoms with Gasteiger partial charge in [0.25, 0.3) is 0 Å². The first-order valence-corrected chi connectivity index (χ1v) is 12.1. The minimum Gasteiger partial charge on any atom is -0.504 e. The summed E-state index contributed by atoms with van der Waals surface area (Å²) in [5.74, 6) is 0.834. The number of aliphatic imine (C=N–C) groups is 1. The maximum atomic E-state index is 14.2. The number of nitrogens with zero attached hydrogens (tertiary/aromatic N) is 1. The highest BCUT2D eigenvalue weighted by Gasteiger charge is 2.35. The molecular weight excluding hydrogens is 436 g/mol. The summed E-state index contributed by atoms with van der Waals surface area (Å²) < 4.78 is 25.1. The molecule has 0 fully saturated rings. The zero-order valence-electron chi connectivity index (χ0n) is 19.6. The number of methoxy groups -OCH3 is 2. The van der Waals surface area contributed by atoms with Crippen LogP contribution in [0.4, 0.5) is 10.1 Å². The van der Waals surface area contributed by atoms with Gasteiger partial charge in [-0.05, 0) is 48.5 Å². The summed E-state index contributed by atoms with van der Waals surface area (Å²) in [6.07, 6.45) is 4.28. The minimum absolute atomic E-state index is 0.128. The Kier molecular flexibility index (Phi) is 8.46. The number of benzene rings is 3. The van der Waals surface area contributed by atoms with Crippen molar-refractivity contribution in [2.24, 2.45) is 4.99 Å². The second-order valence-electron chi connectivity index (χ2n) is 7.86. The third-order valence-electron chi connectivity index (χ3n) is 5.80. The molecule has 3 aromatic rings. The number of rotatable bonds is 10. The van der Waals surface area contributed by atoms with E-state index in [0.29, 0.717) is 11.5 Å². The second-order valence-corrected chi connectivity index (χ2v) is 9.61. The average molecular weight is 468 g/mol. The molecule has 0 aliphatic heterocycles. The van der Waals surface area contributed by atoms with Crippen molar-refractivity contribution >= 4 is 25.8 Å². The van der Waals surface area contributed by atoms with Gasteiger partial charge in [-0.25, -0.2) is 4.39 Å². The van der Waals surface area contributed by atoms with E-state index in [1.54, 1.807) is 19.4 Å². The van der Waals surface area contributed by atoms with E-state index in [2.05, 4.69) is 18.8 Å². The van der Waals surface area contributed by atoms with Crippen LogP contribution in [0.3, 0.4) is 0 Å². The van der Waals surface area contributed by atoms with Crippen LogP contribution in [0.15, 0.2) is 65.7 Å². The van der Waals surface area contributed by atoms with Crippen LogP contribution in [0.2, 0.25) is 0 Å². The van der Waals surface area contributed by atoms with E-state index in [-0.39, 0.29) is 25.3 Å². The lowest BCUT2D eigenvalue weighted by molar-refractivity contribution is 0.354. The van der Waals surface area contributed by atoms with Crippen molar-refractivity contribution in [2.45, 2.75) is 38.3 Å². The summed E-state index contributed by atoms with van der Waals surface area (Å²) in [5, 5.41) is 11.7. The summed E-state index contributed by atoms with van der Waals surface area (Å²) >= 11 is 0. The van der Waals surface area contributed by atoms with E-state index in [1.165, 1.54) is 19.2 Å². The molecule has 33 heavy (non-hydrogen) atoms. The topological polar surface area (TPSA) is 51.0 Å².